The average molecular weight is 564 g/mol. The third-order valence-corrected chi connectivity index (χ3v) is 6.75. The number of hydrogen-bond acceptors (Lipinski definition) is 6. The number of nitrogens with zero attached hydrogens (tertiary/aromatic N) is 3. The molecular weight excluding hydrogens is 537 g/mol. The Labute approximate surface area is 236 Å². The number of pyridine rings is 2. The number of halogens is 2. The minimum Gasteiger partial charge on any atom is -0.487 e. The van der Waals surface area contributed by atoms with Crippen molar-refractivity contribution < 1.29 is 14.3 Å². The van der Waals surface area contributed by atoms with E-state index in [1.165, 1.54) is 11.0 Å². The van der Waals surface area contributed by atoms with Crippen LogP contribution in [0.1, 0.15) is 16.8 Å². The van der Waals surface area contributed by atoms with Gasteiger partial charge in [0.05, 0.1) is 17.3 Å². The molecule has 0 spiro atoms. The standard InChI is InChI=1S/C29H27Cl2N5O3/c1-18-7-10-20-5-4-6-24(29(20)35-18)39-17-21-22(30)11-12-23(28(21)31)36(3)27(38)16-34-26(37)14-9-19-8-13-25(32-2)33-15-19/h4-15H,16-17H2,1-3H3,(H,32,33)(H,34,37). The topological polar surface area (TPSA) is 96.5 Å². The van der Waals surface area contributed by atoms with Gasteiger partial charge in [-0.05, 0) is 55.0 Å². The van der Waals surface area contributed by atoms with E-state index >= 15 is 0 Å². The second-order valence-corrected chi connectivity index (χ2v) is 9.44. The number of anilines is 2. The number of benzene rings is 2. The third-order valence-electron chi connectivity index (χ3n) is 5.98. The summed E-state index contributed by atoms with van der Waals surface area (Å²) in [4.78, 5) is 35.2. The molecule has 2 aromatic heterocycles. The Balaban J connectivity index is 1.41. The fourth-order valence-corrected chi connectivity index (χ4v) is 4.37. The quantitative estimate of drug-likeness (QED) is 0.255. The Hall–Kier alpha value is -4.14. The molecule has 0 aliphatic rings. The van der Waals surface area contributed by atoms with Gasteiger partial charge in [-0.2, -0.15) is 0 Å². The first-order valence-corrected chi connectivity index (χ1v) is 12.8. The lowest BCUT2D eigenvalue weighted by Gasteiger charge is -2.21. The van der Waals surface area contributed by atoms with Gasteiger partial charge in [0, 0.05) is 48.0 Å². The van der Waals surface area contributed by atoms with E-state index in [4.69, 9.17) is 27.9 Å². The average Bonchev–Trinajstić information content (AvgIpc) is 2.94. The second-order valence-electron chi connectivity index (χ2n) is 8.66. The minimum absolute atomic E-state index is 0.0773. The molecule has 2 aromatic carbocycles. The predicted octanol–water partition coefficient (Wildman–Crippen LogP) is 5.66. The number of para-hydroxylation sites is 1. The molecule has 4 rings (SSSR count). The van der Waals surface area contributed by atoms with E-state index in [0.717, 1.165) is 28.0 Å². The highest BCUT2D eigenvalue weighted by atomic mass is 35.5. The first-order valence-electron chi connectivity index (χ1n) is 12.1. The summed E-state index contributed by atoms with van der Waals surface area (Å²) in [5, 5.41) is 7.16. The van der Waals surface area contributed by atoms with Crippen molar-refractivity contribution >= 4 is 63.5 Å². The molecular formula is C29H27Cl2N5O3. The van der Waals surface area contributed by atoms with E-state index in [-0.39, 0.29) is 24.1 Å². The Morgan fingerprint density at radius 3 is 2.64 bits per heavy atom. The van der Waals surface area contributed by atoms with Gasteiger partial charge in [0.15, 0.2) is 0 Å². The first kappa shape index (κ1) is 27.9. The molecule has 39 heavy (non-hydrogen) atoms. The van der Waals surface area contributed by atoms with E-state index in [0.29, 0.717) is 22.0 Å². The number of carbonyl (C=O) groups excluding carboxylic acids is 2. The van der Waals surface area contributed by atoms with Crippen LogP contribution >= 0.6 is 23.2 Å². The number of amides is 2. The molecule has 2 N–H and O–H groups in total. The zero-order chi connectivity index (χ0) is 27.9. The Morgan fingerprint density at radius 2 is 1.90 bits per heavy atom. The van der Waals surface area contributed by atoms with Crippen molar-refractivity contribution in [1.29, 1.82) is 0 Å². The van der Waals surface area contributed by atoms with Crippen LogP contribution in [0.3, 0.4) is 0 Å². The molecule has 0 bridgehead atoms. The highest BCUT2D eigenvalue weighted by Gasteiger charge is 2.19. The SMILES string of the molecule is CNc1ccc(C=CC(=O)NCC(=O)N(C)c2ccc(Cl)c(COc3cccc4ccc(C)nc34)c2Cl)cn1. The Morgan fingerprint density at radius 1 is 1.08 bits per heavy atom. The van der Waals surface area contributed by atoms with Crippen molar-refractivity contribution in [1.82, 2.24) is 15.3 Å². The van der Waals surface area contributed by atoms with Gasteiger partial charge >= 0.3 is 0 Å². The molecule has 10 heteroatoms. The van der Waals surface area contributed by atoms with Crippen molar-refractivity contribution in [3.05, 3.63) is 93.7 Å². The van der Waals surface area contributed by atoms with Gasteiger partial charge in [0.2, 0.25) is 11.8 Å². The number of ether oxygens (including phenoxy) is 1. The molecule has 8 nitrogen and oxygen atoms in total. The lowest BCUT2D eigenvalue weighted by Crippen LogP contribution is -2.37. The fraction of sp³-hybridized carbons (Fsp3) is 0.172. The van der Waals surface area contributed by atoms with Crippen LogP contribution in [0.2, 0.25) is 10.0 Å². The summed E-state index contributed by atoms with van der Waals surface area (Å²) in [6, 6.07) is 16.5. The van der Waals surface area contributed by atoms with Crippen LogP contribution in [0, 0.1) is 6.92 Å². The summed E-state index contributed by atoms with van der Waals surface area (Å²) in [5.41, 5.74) is 3.34. The van der Waals surface area contributed by atoms with Crippen LogP contribution in [-0.4, -0.2) is 42.4 Å². The summed E-state index contributed by atoms with van der Waals surface area (Å²) in [6.45, 7) is 1.77. The summed E-state index contributed by atoms with van der Waals surface area (Å²) < 4.78 is 6.07. The molecule has 200 valence electrons. The molecule has 0 aliphatic carbocycles. The number of carbonyl (C=O) groups is 2. The maximum Gasteiger partial charge on any atom is 0.246 e. The lowest BCUT2D eigenvalue weighted by molar-refractivity contribution is -0.122. The molecule has 4 aromatic rings. The molecule has 0 aliphatic heterocycles. The number of rotatable bonds is 9. The Bertz CT molecular complexity index is 1540. The van der Waals surface area contributed by atoms with Crippen LogP contribution in [0.15, 0.2) is 66.9 Å². The Kier molecular flexibility index (Phi) is 9.01. The number of hydrogen-bond donors (Lipinski definition) is 2. The largest absolute Gasteiger partial charge is 0.487 e. The van der Waals surface area contributed by atoms with Crippen molar-refractivity contribution in [2.24, 2.45) is 0 Å². The van der Waals surface area contributed by atoms with Gasteiger partial charge in [0.25, 0.3) is 0 Å². The molecule has 0 fully saturated rings. The van der Waals surface area contributed by atoms with Crippen LogP contribution < -0.4 is 20.3 Å². The fourth-order valence-electron chi connectivity index (χ4n) is 3.76. The summed E-state index contributed by atoms with van der Waals surface area (Å²) in [5.74, 6) is 0.551. The highest BCUT2D eigenvalue weighted by Crippen LogP contribution is 2.35. The van der Waals surface area contributed by atoms with Crippen molar-refractivity contribution in [3.63, 3.8) is 0 Å². The monoisotopic (exact) mass is 563 g/mol. The smallest absolute Gasteiger partial charge is 0.246 e. The van der Waals surface area contributed by atoms with Gasteiger partial charge in [-0.1, -0.05) is 41.4 Å². The van der Waals surface area contributed by atoms with E-state index in [1.807, 2.05) is 43.3 Å². The molecule has 0 saturated heterocycles. The van der Waals surface area contributed by atoms with Crippen LogP contribution in [0.5, 0.6) is 5.75 Å². The number of aryl methyl sites for hydroxylation is 1. The molecule has 0 radical (unpaired) electrons. The molecule has 2 amide bonds. The number of aromatic nitrogens is 2. The predicted molar refractivity (Wildman–Crippen MR) is 157 cm³/mol. The first-order chi connectivity index (χ1) is 18.8. The van der Waals surface area contributed by atoms with Gasteiger partial charge in [-0.3, -0.25) is 9.59 Å². The summed E-state index contributed by atoms with van der Waals surface area (Å²) in [7, 11) is 3.35. The summed E-state index contributed by atoms with van der Waals surface area (Å²) in [6.07, 6.45) is 4.60. The van der Waals surface area contributed by atoms with E-state index in [2.05, 4.69) is 20.6 Å². The van der Waals surface area contributed by atoms with Gasteiger partial charge in [-0.15, -0.1) is 0 Å². The highest BCUT2D eigenvalue weighted by molar-refractivity contribution is 6.38. The summed E-state index contributed by atoms with van der Waals surface area (Å²) >= 11 is 13.1. The van der Waals surface area contributed by atoms with E-state index in [9.17, 15) is 9.59 Å². The van der Waals surface area contributed by atoms with Gasteiger partial charge < -0.3 is 20.3 Å². The van der Waals surface area contributed by atoms with Crippen LogP contribution in [0.25, 0.3) is 17.0 Å². The zero-order valence-electron chi connectivity index (χ0n) is 21.7. The number of nitrogens with one attached hydrogen (secondary N) is 2. The zero-order valence-corrected chi connectivity index (χ0v) is 23.2. The maximum absolute atomic E-state index is 12.8. The molecule has 0 saturated carbocycles. The number of fused-ring (bicyclic) bond motifs is 1. The second kappa shape index (κ2) is 12.6. The van der Waals surface area contributed by atoms with Crippen LogP contribution in [0.4, 0.5) is 11.5 Å². The van der Waals surface area contributed by atoms with Crippen molar-refractivity contribution in [2.75, 3.05) is 30.9 Å². The van der Waals surface area contributed by atoms with E-state index in [1.54, 1.807) is 44.6 Å². The van der Waals surface area contributed by atoms with Gasteiger partial charge in [-0.25, -0.2) is 9.97 Å². The molecule has 0 atom stereocenters. The maximum atomic E-state index is 12.8. The molecule has 0 unspecified atom stereocenters. The minimum atomic E-state index is -0.412. The van der Waals surface area contributed by atoms with Crippen LogP contribution in [-0.2, 0) is 16.2 Å². The number of likely N-dealkylation sites (N-methyl/N-ethyl adjacent to an activating group) is 1. The normalized spacial score (nSPS) is 11.0. The third kappa shape index (κ3) is 6.85. The van der Waals surface area contributed by atoms with Crippen molar-refractivity contribution in [3.8, 4) is 5.75 Å². The molecule has 2 heterocycles. The van der Waals surface area contributed by atoms with Crippen molar-refractivity contribution in [2.45, 2.75) is 13.5 Å². The van der Waals surface area contributed by atoms with E-state index < -0.39 is 5.91 Å². The van der Waals surface area contributed by atoms with Gasteiger partial charge in [0.1, 0.15) is 23.7 Å². The lowest BCUT2D eigenvalue weighted by atomic mass is 10.1.